The van der Waals surface area contributed by atoms with E-state index in [1.165, 1.54) is 12.1 Å². The molecule has 0 fully saturated rings. The van der Waals surface area contributed by atoms with Crippen LogP contribution in [-0.4, -0.2) is 16.2 Å². The summed E-state index contributed by atoms with van der Waals surface area (Å²) in [4.78, 5) is 10.7. The summed E-state index contributed by atoms with van der Waals surface area (Å²) < 4.78 is 12.9. The summed E-state index contributed by atoms with van der Waals surface area (Å²) in [5, 5.41) is 18.2. The van der Waals surface area contributed by atoms with Crippen molar-refractivity contribution in [2.75, 3.05) is 0 Å². The normalized spacial score (nSPS) is 14.9. The summed E-state index contributed by atoms with van der Waals surface area (Å²) in [6.45, 7) is 1.13. The van der Waals surface area contributed by atoms with Crippen LogP contribution in [0.4, 0.5) is 4.39 Å². The third-order valence-corrected chi connectivity index (χ3v) is 2.51. The molecular weight excluding hydrogens is 255 g/mol. The Hall–Kier alpha value is -0.940. The molecule has 1 aromatic rings. The summed E-state index contributed by atoms with van der Waals surface area (Å²) in [7, 11) is 0. The van der Waals surface area contributed by atoms with Gasteiger partial charge in [-0.25, -0.2) is 9.18 Å². The molecule has 1 aromatic carbocycles. The molecule has 1 rings (SSSR count). The molecule has 0 aliphatic heterocycles. The number of carbonyl (C=O) groups is 1. The van der Waals surface area contributed by atoms with E-state index in [1.807, 2.05) is 0 Å². The highest BCUT2D eigenvalue weighted by Gasteiger charge is 2.32. The van der Waals surface area contributed by atoms with E-state index in [1.54, 1.807) is 0 Å². The Balaban J connectivity index is 3.21. The number of hydrogen-bond donors (Lipinski definition) is 2. The fraction of sp³-hybridized carbons (Fsp3) is 0.222. The van der Waals surface area contributed by atoms with Crippen molar-refractivity contribution in [1.82, 2.24) is 0 Å². The van der Waals surface area contributed by atoms with E-state index < -0.39 is 17.4 Å². The zero-order valence-electron chi connectivity index (χ0n) is 7.29. The molecule has 3 nitrogen and oxygen atoms in total. The third kappa shape index (κ3) is 1.93. The van der Waals surface area contributed by atoms with E-state index in [9.17, 15) is 14.3 Å². The van der Waals surface area contributed by atoms with Gasteiger partial charge in [-0.05, 0) is 40.5 Å². The van der Waals surface area contributed by atoms with Gasteiger partial charge in [0.15, 0.2) is 5.60 Å². The van der Waals surface area contributed by atoms with Crippen LogP contribution < -0.4 is 0 Å². The lowest BCUT2D eigenvalue weighted by Gasteiger charge is -2.18. The van der Waals surface area contributed by atoms with E-state index in [0.29, 0.717) is 0 Å². The van der Waals surface area contributed by atoms with Crippen molar-refractivity contribution < 1.29 is 19.4 Å². The lowest BCUT2D eigenvalue weighted by atomic mass is 9.96. The van der Waals surface area contributed by atoms with Gasteiger partial charge in [-0.1, -0.05) is 6.07 Å². The van der Waals surface area contributed by atoms with Gasteiger partial charge in [0.2, 0.25) is 0 Å². The van der Waals surface area contributed by atoms with E-state index in [2.05, 4.69) is 15.9 Å². The van der Waals surface area contributed by atoms with Crippen molar-refractivity contribution in [3.8, 4) is 0 Å². The number of aliphatic carboxylic acids is 1. The first-order valence-corrected chi connectivity index (χ1v) is 4.56. The second-order valence-corrected chi connectivity index (χ2v) is 3.86. The highest BCUT2D eigenvalue weighted by molar-refractivity contribution is 9.10. The summed E-state index contributed by atoms with van der Waals surface area (Å²) in [5.41, 5.74) is -1.88. The standard InChI is InChI=1S/C9H8BrFO3/c1-9(14,8(12)13)5-2-3-7(11)6(10)4-5/h2-4,14H,1H3,(H,12,13)/t9-/m0/s1. The quantitative estimate of drug-likeness (QED) is 0.856. The fourth-order valence-corrected chi connectivity index (χ4v) is 1.30. The van der Waals surface area contributed by atoms with Crippen LogP contribution in [0.25, 0.3) is 0 Å². The molecule has 0 spiro atoms. The van der Waals surface area contributed by atoms with Crippen molar-refractivity contribution in [3.05, 3.63) is 34.1 Å². The summed E-state index contributed by atoms with van der Waals surface area (Å²) in [5.74, 6) is -1.88. The smallest absolute Gasteiger partial charge is 0.340 e. The number of aliphatic hydroxyl groups is 1. The molecule has 76 valence electrons. The van der Waals surface area contributed by atoms with Gasteiger partial charge in [-0.3, -0.25) is 0 Å². The van der Waals surface area contributed by atoms with Crippen molar-refractivity contribution in [3.63, 3.8) is 0 Å². The molecule has 2 N–H and O–H groups in total. The Morgan fingerprint density at radius 3 is 2.57 bits per heavy atom. The number of rotatable bonds is 2. The maximum Gasteiger partial charge on any atom is 0.340 e. The maximum atomic E-state index is 12.8. The van der Waals surface area contributed by atoms with Gasteiger partial charge < -0.3 is 10.2 Å². The first kappa shape index (κ1) is 11.1. The molecule has 0 unspecified atom stereocenters. The predicted octanol–water partition coefficient (Wildman–Crippen LogP) is 1.88. The highest BCUT2D eigenvalue weighted by atomic mass is 79.9. The van der Waals surface area contributed by atoms with Crippen LogP contribution in [0.2, 0.25) is 0 Å². The van der Waals surface area contributed by atoms with Gasteiger partial charge >= 0.3 is 5.97 Å². The van der Waals surface area contributed by atoms with E-state index in [-0.39, 0.29) is 10.0 Å². The van der Waals surface area contributed by atoms with Gasteiger partial charge in [0.25, 0.3) is 0 Å². The predicted molar refractivity (Wildman–Crippen MR) is 51.3 cm³/mol. The Morgan fingerprint density at radius 2 is 2.14 bits per heavy atom. The maximum absolute atomic E-state index is 12.8. The van der Waals surface area contributed by atoms with E-state index in [4.69, 9.17) is 5.11 Å². The second-order valence-electron chi connectivity index (χ2n) is 3.01. The topological polar surface area (TPSA) is 57.5 Å². The van der Waals surface area contributed by atoms with Crippen LogP contribution in [0.15, 0.2) is 22.7 Å². The Labute approximate surface area is 88.3 Å². The number of benzene rings is 1. The number of halogens is 2. The number of hydrogen-bond acceptors (Lipinski definition) is 2. The van der Waals surface area contributed by atoms with Gasteiger partial charge in [0.05, 0.1) is 4.47 Å². The van der Waals surface area contributed by atoms with E-state index >= 15 is 0 Å². The largest absolute Gasteiger partial charge is 0.479 e. The molecule has 0 amide bonds. The Bertz CT molecular complexity index is 376. The average Bonchev–Trinajstić information content (AvgIpc) is 2.09. The van der Waals surface area contributed by atoms with Crippen molar-refractivity contribution >= 4 is 21.9 Å². The number of carboxylic acids is 1. The zero-order valence-corrected chi connectivity index (χ0v) is 8.88. The lowest BCUT2D eigenvalue weighted by Crippen LogP contribution is -2.31. The Morgan fingerprint density at radius 1 is 1.57 bits per heavy atom. The van der Waals surface area contributed by atoms with Crippen LogP contribution in [0.3, 0.4) is 0 Å². The molecular formula is C9H8BrFO3. The first-order chi connectivity index (χ1) is 6.35. The molecule has 0 radical (unpaired) electrons. The van der Waals surface area contributed by atoms with Crippen LogP contribution in [0.1, 0.15) is 12.5 Å². The molecule has 5 heteroatoms. The molecule has 0 heterocycles. The molecule has 0 bridgehead atoms. The van der Waals surface area contributed by atoms with Crippen molar-refractivity contribution in [1.29, 1.82) is 0 Å². The molecule has 0 aromatic heterocycles. The van der Waals surface area contributed by atoms with Crippen molar-refractivity contribution in [2.45, 2.75) is 12.5 Å². The van der Waals surface area contributed by atoms with Crippen LogP contribution in [0.5, 0.6) is 0 Å². The van der Waals surface area contributed by atoms with Gasteiger partial charge in [-0.15, -0.1) is 0 Å². The molecule has 0 saturated carbocycles. The van der Waals surface area contributed by atoms with Crippen LogP contribution in [-0.2, 0) is 10.4 Å². The van der Waals surface area contributed by atoms with Crippen LogP contribution in [0, 0.1) is 5.82 Å². The monoisotopic (exact) mass is 262 g/mol. The zero-order chi connectivity index (χ0) is 10.9. The summed E-state index contributed by atoms with van der Waals surface area (Å²) in [6.07, 6.45) is 0. The molecule has 0 saturated heterocycles. The summed E-state index contributed by atoms with van der Waals surface area (Å²) >= 11 is 2.91. The molecule has 0 aliphatic rings. The lowest BCUT2D eigenvalue weighted by molar-refractivity contribution is -0.157. The minimum absolute atomic E-state index is 0.122. The average molecular weight is 263 g/mol. The third-order valence-electron chi connectivity index (χ3n) is 1.90. The molecule has 0 aliphatic carbocycles. The minimum atomic E-state index is -2.00. The number of carboxylic acid groups (broad SMARTS) is 1. The SMILES string of the molecule is C[C@@](O)(C(=O)O)c1ccc(F)c(Br)c1. The van der Waals surface area contributed by atoms with Gasteiger partial charge in [-0.2, -0.15) is 0 Å². The van der Waals surface area contributed by atoms with Crippen LogP contribution >= 0.6 is 15.9 Å². The first-order valence-electron chi connectivity index (χ1n) is 3.77. The van der Waals surface area contributed by atoms with Gasteiger partial charge in [0.1, 0.15) is 5.82 Å². The van der Waals surface area contributed by atoms with Crippen molar-refractivity contribution in [2.24, 2.45) is 0 Å². The minimum Gasteiger partial charge on any atom is -0.479 e. The fourth-order valence-electron chi connectivity index (χ4n) is 0.922. The Kier molecular flexibility index (Phi) is 2.92. The molecule has 14 heavy (non-hydrogen) atoms. The highest BCUT2D eigenvalue weighted by Crippen LogP contribution is 2.25. The summed E-state index contributed by atoms with van der Waals surface area (Å²) in [6, 6.07) is 3.56. The van der Waals surface area contributed by atoms with E-state index in [0.717, 1.165) is 13.0 Å². The van der Waals surface area contributed by atoms with Gasteiger partial charge in [0, 0.05) is 0 Å². The second kappa shape index (κ2) is 3.67. The molecule has 1 atom stereocenters.